The molecule has 2 aromatic carbocycles. The van der Waals surface area contributed by atoms with E-state index in [-0.39, 0.29) is 12.6 Å². The second kappa shape index (κ2) is 8.83. The molecule has 30 heavy (non-hydrogen) atoms. The van der Waals surface area contributed by atoms with Gasteiger partial charge in [-0.2, -0.15) is 0 Å². The summed E-state index contributed by atoms with van der Waals surface area (Å²) in [6, 6.07) is 10.3. The maximum Gasteiger partial charge on any atom is 0.241 e. The second-order valence-electron chi connectivity index (χ2n) is 7.14. The van der Waals surface area contributed by atoms with Crippen LogP contribution in [-0.2, 0) is 14.8 Å². The molecule has 1 amide bonds. The smallest absolute Gasteiger partial charge is 0.241 e. The van der Waals surface area contributed by atoms with Gasteiger partial charge < -0.3 is 19.5 Å². The first-order valence-electron chi connectivity index (χ1n) is 9.50. The highest BCUT2D eigenvalue weighted by atomic mass is 32.2. The van der Waals surface area contributed by atoms with Crippen LogP contribution in [0, 0.1) is 6.92 Å². The summed E-state index contributed by atoms with van der Waals surface area (Å²) in [5.74, 6) is 1.23. The Hall–Kier alpha value is -2.94. The molecule has 0 aromatic heterocycles. The zero-order valence-electron chi connectivity index (χ0n) is 17.5. The molecule has 9 heteroatoms. The van der Waals surface area contributed by atoms with Crippen LogP contribution >= 0.6 is 0 Å². The molecule has 2 aromatic rings. The zero-order valence-corrected chi connectivity index (χ0v) is 18.3. The molecule has 0 aliphatic carbocycles. The number of ether oxygens (including phenoxy) is 3. The monoisotopic (exact) mass is 434 g/mol. The number of nitrogens with one attached hydrogen (secondary N) is 1. The molecule has 0 spiro atoms. The van der Waals surface area contributed by atoms with E-state index >= 15 is 0 Å². The number of fused-ring (bicyclic) bond motifs is 1. The van der Waals surface area contributed by atoms with Crippen molar-refractivity contribution in [2.24, 2.45) is 0 Å². The molecule has 8 nitrogen and oxygen atoms in total. The number of carbonyl (C=O) groups is 1. The predicted molar refractivity (Wildman–Crippen MR) is 114 cm³/mol. The third-order valence-electron chi connectivity index (χ3n) is 4.73. The molecule has 0 saturated heterocycles. The molecule has 1 aliphatic rings. The summed E-state index contributed by atoms with van der Waals surface area (Å²) in [5, 5.41) is 2.85. The number of hydrogen-bond acceptors (Lipinski definition) is 6. The van der Waals surface area contributed by atoms with Gasteiger partial charge in [0.2, 0.25) is 15.9 Å². The lowest BCUT2D eigenvalue weighted by Gasteiger charge is -2.25. The summed E-state index contributed by atoms with van der Waals surface area (Å²) in [5.41, 5.74) is 2.00. The first-order valence-corrected chi connectivity index (χ1v) is 11.3. The maximum atomic E-state index is 12.7. The molecule has 1 unspecified atom stereocenters. The van der Waals surface area contributed by atoms with E-state index in [1.165, 1.54) is 7.11 Å². The van der Waals surface area contributed by atoms with Crippen LogP contribution in [0.4, 0.5) is 5.69 Å². The molecule has 1 N–H and O–H groups in total. The number of anilines is 1. The van der Waals surface area contributed by atoms with Crippen LogP contribution in [0.2, 0.25) is 0 Å². The quantitative estimate of drug-likeness (QED) is 0.719. The number of nitrogens with zero attached hydrogens (tertiary/aromatic N) is 1. The Morgan fingerprint density at radius 2 is 1.87 bits per heavy atom. The fraction of sp³-hybridized carbons (Fsp3) is 0.381. The summed E-state index contributed by atoms with van der Waals surface area (Å²) < 4.78 is 42.3. The predicted octanol–water partition coefficient (Wildman–Crippen LogP) is 2.42. The Bertz CT molecular complexity index is 1040. The lowest BCUT2D eigenvalue weighted by atomic mass is 10.1. The zero-order chi connectivity index (χ0) is 21.9. The van der Waals surface area contributed by atoms with Gasteiger partial charge in [0, 0.05) is 0 Å². The summed E-state index contributed by atoms with van der Waals surface area (Å²) in [4.78, 5) is 12.7. The standard InChI is InChI=1S/C21H26N2O6S/c1-14-5-7-18(27-3)17(11-14)23(30(4,25)26)13-21(24)22-15(2)16-6-8-19-20(12-16)29-10-9-28-19/h5-8,11-12,15H,9-10,13H2,1-4H3,(H,22,24). The summed E-state index contributed by atoms with van der Waals surface area (Å²) in [7, 11) is -2.26. The van der Waals surface area contributed by atoms with Gasteiger partial charge in [-0.25, -0.2) is 8.42 Å². The van der Waals surface area contributed by atoms with E-state index in [1.807, 2.05) is 32.0 Å². The van der Waals surface area contributed by atoms with Gasteiger partial charge in [0.05, 0.1) is 25.1 Å². The average Bonchev–Trinajstić information content (AvgIpc) is 2.70. The fourth-order valence-electron chi connectivity index (χ4n) is 3.21. The van der Waals surface area contributed by atoms with E-state index in [1.54, 1.807) is 18.2 Å². The van der Waals surface area contributed by atoms with E-state index in [4.69, 9.17) is 14.2 Å². The van der Waals surface area contributed by atoms with Crippen LogP contribution in [0.3, 0.4) is 0 Å². The number of benzene rings is 2. The van der Waals surface area contributed by atoms with Crippen molar-refractivity contribution in [2.45, 2.75) is 19.9 Å². The van der Waals surface area contributed by atoms with Crippen molar-refractivity contribution in [3.8, 4) is 17.2 Å². The summed E-state index contributed by atoms with van der Waals surface area (Å²) in [6.07, 6.45) is 1.06. The SMILES string of the molecule is COc1ccc(C)cc1N(CC(=O)NC(C)c1ccc2c(c1)OCCO2)S(C)(=O)=O. The molecule has 0 fully saturated rings. The summed E-state index contributed by atoms with van der Waals surface area (Å²) >= 11 is 0. The van der Waals surface area contributed by atoms with Gasteiger partial charge in [-0.1, -0.05) is 12.1 Å². The van der Waals surface area contributed by atoms with Crippen molar-refractivity contribution >= 4 is 21.6 Å². The van der Waals surface area contributed by atoms with E-state index in [9.17, 15) is 13.2 Å². The van der Waals surface area contributed by atoms with Gasteiger partial charge in [-0.05, 0) is 49.2 Å². The van der Waals surface area contributed by atoms with Crippen LogP contribution in [0.15, 0.2) is 36.4 Å². The Balaban J connectivity index is 1.78. The number of aryl methyl sites for hydroxylation is 1. The van der Waals surface area contributed by atoms with Gasteiger partial charge >= 0.3 is 0 Å². The minimum atomic E-state index is -3.72. The van der Waals surface area contributed by atoms with E-state index in [2.05, 4.69) is 5.32 Å². The molecule has 1 heterocycles. The first-order chi connectivity index (χ1) is 14.2. The Labute approximate surface area is 176 Å². The normalized spacial score (nSPS) is 14.0. The number of hydrogen-bond donors (Lipinski definition) is 1. The lowest BCUT2D eigenvalue weighted by Crippen LogP contribution is -2.41. The van der Waals surface area contributed by atoms with Gasteiger partial charge in [-0.15, -0.1) is 0 Å². The van der Waals surface area contributed by atoms with Gasteiger partial charge in [0.1, 0.15) is 25.5 Å². The van der Waals surface area contributed by atoms with Crippen LogP contribution in [0.1, 0.15) is 24.1 Å². The Morgan fingerprint density at radius 1 is 1.17 bits per heavy atom. The average molecular weight is 435 g/mol. The molecule has 1 atom stereocenters. The van der Waals surface area contributed by atoms with E-state index < -0.39 is 15.9 Å². The third-order valence-corrected chi connectivity index (χ3v) is 5.86. The highest BCUT2D eigenvalue weighted by molar-refractivity contribution is 7.92. The van der Waals surface area contributed by atoms with Crippen LogP contribution in [0.5, 0.6) is 17.2 Å². The molecular weight excluding hydrogens is 408 g/mol. The van der Waals surface area contributed by atoms with Crippen molar-refractivity contribution in [1.82, 2.24) is 5.32 Å². The van der Waals surface area contributed by atoms with Gasteiger partial charge in [-0.3, -0.25) is 9.10 Å². The van der Waals surface area contributed by atoms with Crippen LogP contribution in [-0.4, -0.2) is 47.4 Å². The minimum absolute atomic E-state index is 0.321. The molecule has 0 radical (unpaired) electrons. The highest BCUT2D eigenvalue weighted by Crippen LogP contribution is 2.33. The van der Waals surface area contributed by atoms with Crippen LogP contribution < -0.4 is 23.8 Å². The molecule has 0 saturated carbocycles. The largest absolute Gasteiger partial charge is 0.495 e. The van der Waals surface area contributed by atoms with Crippen molar-refractivity contribution in [3.05, 3.63) is 47.5 Å². The van der Waals surface area contributed by atoms with E-state index in [0.717, 1.165) is 21.7 Å². The molecule has 3 rings (SSSR count). The highest BCUT2D eigenvalue weighted by Gasteiger charge is 2.25. The lowest BCUT2D eigenvalue weighted by molar-refractivity contribution is -0.120. The third kappa shape index (κ3) is 4.96. The minimum Gasteiger partial charge on any atom is -0.495 e. The van der Waals surface area contributed by atoms with Crippen molar-refractivity contribution in [3.63, 3.8) is 0 Å². The number of methoxy groups -OCH3 is 1. The maximum absolute atomic E-state index is 12.7. The van der Waals surface area contributed by atoms with E-state index in [0.29, 0.717) is 36.1 Å². The molecular formula is C21H26N2O6S. The number of sulfonamides is 1. The van der Waals surface area contributed by atoms with Crippen molar-refractivity contribution in [1.29, 1.82) is 0 Å². The van der Waals surface area contributed by atoms with Gasteiger partial charge in [0.15, 0.2) is 11.5 Å². The topological polar surface area (TPSA) is 94.2 Å². The van der Waals surface area contributed by atoms with Crippen molar-refractivity contribution < 1.29 is 27.4 Å². The van der Waals surface area contributed by atoms with Gasteiger partial charge in [0.25, 0.3) is 0 Å². The second-order valence-corrected chi connectivity index (χ2v) is 9.04. The fourth-order valence-corrected chi connectivity index (χ4v) is 4.06. The number of carbonyl (C=O) groups excluding carboxylic acids is 1. The number of amides is 1. The molecule has 0 bridgehead atoms. The molecule has 162 valence electrons. The van der Waals surface area contributed by atoms with Crippen LogP contribution in [0.25, 0.3) is 0 Å². The Morgan fingerprint density at radius 3 is 2.53 bits per heavy atom. The number of rotatable bonds is 7. The first kappa shape index (κ1) is 21.8. The molecule has 1 aliphatic heterocycles. The Kier molecular flexibility index (Phi) is 6.40. The summed E-state index contributed by atoms with van der Waals surface area (Å²) in [6.45, 7) is 4.27. The van der Waals surface area contributed by atoms with Crippen molar-refractivity contribution in [2.75, 3.05) is 37.4 Å².